The molecule has 0 saturated heterocycles. The molecule has 2 aromatic carbocycles. The fourth-order valence-corrected chi connectivity index (χ4v) is 1.61. The molecular weight excluding hydrogens is 226 g/mol. The summed E-state index contributed by atoms with van der Waals surface area (Å²) in [5, 5.41) is 2.51. The van der Waals surface area contributed by atoms with Gasteiger partial charge in [-0.25, -0.2) is 0 Å². The average molecular weight is 240 g/mol. The van der Waals surface area contributed by atoms with Crippen LogP contribution in [0.2, 0.25) is 0 Å². The lowest BCUT2D eigenvalue weighted by molar-refractivity contribution is 0.482. The van der Waals surface area contributed by atoms with Crippen LogP contribution in [0.4, 0.5) is 0 Å². The molecule has 1 N–H and O–H groups in total. The minimum atomic E-state index is 0.600. The van der Waals surface area contributed by atoms with Crippen LogP contribution in [0.5, 0.6) is 11.5 Å². The van der Waals surface area contributed by atoms with Gasteiger partial charge in [0, 0.05) is 6.54 Å². The molecule has 0 unspecified atom stereocenters. The number of hydrogen-bond donors (Lipinski definition) is 1. The number of rotatable bonds is 6. The van der Waals surface area contributed by atoms with Crippen molar-refractivity contribution in [3.63, 3.8) is 0 Å². The van der Waals surface area contributed by atoms with Crippen LogP contribution in [0.3, 0.4) is 0 Å². The maximum atomic E-state index is 10.00. The molecule has 0 fully saturated rings. The lowest BCUT2D eigenvalue weighted by Gasteiger charge is -2.06. The number of para-hydroxylation sites is 1. The van der Waals surface area contributed by atoms with Gasteiger partial charge in [0.25, 0.3) is 0 Å². The second-order valence-electron chi connectivity index (χ2n) is 3.84. The summed E-state index contributed by atoms with van der Waals surface area (Å²) in [6, 6.07) is 17.5. The van der Waals surface area contributed by atoms with Crippen LogP contribution in [-0.2, 0) is 11.2 Å². The number of ether oxygens (including phenoxy) is 1. The molecule has 0 aromatic heterocycles. The highest BCUT2D eigenvalue weighted by Crippen LogP contribution is 2.21. The third-order valence-electron chi connectivity index (χ3n) is 2.51. The van der Waals surface area contributed by atoms with Crippen molar-refractivity contribution in [3.8, 4) is 11.5 Å². The lowest BCUT2D eigenvalue weighted by atomic mass is 10.1. The highest BCUT2D eigenvalue weighted by molar-refractivity contribution is 5.47. The highest BCUT2D eigenvalue weighted by atomic mass is 16.5. The molecule has 91 valence electrons. The van der Waals surface area contributed by atoms with E-state index in [0.29, 0.717) is 6.54 Å². The van der Waals surface area contributed by atoms with Crippen LogP contribution < -0.4 is 10.1 Å². The molecular formula is C15H14NO2. The van der Waals surface area contributed by atoms with Crippen molar-refractivity contribution in [2.24, 2.45) is 0 Å². The van der Waals surface area contributed by atoms with Gasteiger partial charge in [0.15, 0.2) is 0 Å². The van der Waals surface area contributed by atoms with Crippen LogP contribution in [-0.4, -0.2) is 13.0 Å². The lowest BCUT2D eigenvalue weighted by Crippen LogP contribution is -2.14. The molecule has 0 atom stereocenters. The number of benzene rings is 2. The molecule has 1 radical (unpaired) electrons. The van der Waals surface area contributed by atoms with Gasteiger partial charge in [-0.3, -0.25) is 4.79 Å². The van der Waals surface area contributed by atoms with Crippen molar-refractivity contribution in [3.05, 3.63) is 60.2 Å². The molecule has 0 bridgehead atoms. The van der Waals surface area contributed by atoms with E-state index >= 15 is 0 Å². The molecule has 18 heavy (non-hydrogen) atoms. The fourth-order valence-electron chi connectivity index (χ4n) is 1.61. The zero-order valence-corrected chi connectivity index (χ0v) is 9.93. The summed E-state index contributed by atoms with van der Waals surface area (Å²) in [5.41, 5.74) is 1.15. The maximum Gasteiger partial charge on any atom is 0.309 e. The van der Waals surface area contributed by atoms with Crippen molar-refractivity contribution in [1.29, 1.82) is 0 Å². The van der Waals surface area contributed by atoms with Crippen molar-refractivity contribution < 1.29 is 9.53 Å². The van der Waals surface area contributed by atoms with E-state index in [0.717, 1.165) is 23.5 Å². The van der Waals surface area contributed by atoms with Gasteiger partial charge in [-0.2, -0.15) is 0 Å². The van der Waals surface area contributed by atoms with E-state index in [1.807, 2.05) is 54.6 Å². The van der Waals surface area contributed by atoms with Crippen LogP contribution in [0, 0.1) is 0 Å². The predicted octanol–water partition coefficient (Wildman–Crippen LogP) is 2.68. The first-order valence-electron chi connectivity index (χ1n) is 5.80. The Kier molecular flexibility index (Phi) is 4.36. The Hall–Kier alpha value is -2.29. The third kappa shape index (κ3) is 3.63. The van der Waals surface area contributed by atoms with E-state index in [9.17, 15) is 4.79 Å². The highest BCUT2D eigenvalue weighted by Gasteiger charge is 1.97. The second-order valence-corrected chi connectivity index (χ2v) is 3.84. The molecule has 3 heteroatoms. The molecule has 0 aliphatic rings. The van der Waals surface area contributed by atoms with Crippen LogP contribution in [0.25, 0.3) is 0 Å². The SMILES string of the molecule is O=[C]NCCc1ccc(Oc2ccccc2)cc1. The summed E-state index contributed by atoms with van der Waals surface area (Å²) in [6.07, 6.45) is 2.45. The van der Waals surface area contributed by atoms with E-state index in [4.69, 9.17) is 4.74 Å². The summed E-state index contributed by atoms with van der Waals surface area (Å²) in [4.78, 5) is 10.00. The van der Waals surface area contributed by atoms with Crippen LogP contribution in [0.15, 0.2) is 54.6 Å². The predicted molar refractivity (Wildman–Crippen MR) is 70.4 cm³/mol. The number of nitrogens with one attached hydrogen (secondary N) is 1. The van der Waals surface area contributed by atoms with Crippen LogP contribution >= 0.6 is 0 Å². The molecule has 3 nitrogen and oxygen atoms in total. The smallest absolute Gasteiger partial charge is 0.309 e. The Bertz CT molecular complexity index is 480. The normalized spacial score (nSPS) is 9.78. The zero-order valence-electron chi connectivity index (χ0n) is 9.93. The Morgan fingerprint density at radius 2 is 1.61 bits per heavy atom. The van der Waals surface area contributed by atoms with Gasteiger partial charge in [0.05, 0.1) is 0 Å². The van der Waals surface area contributed by atoms with Crippen molar-refractivity contribution >= 4 is 6.41 Å². The fraction of sp³-hybridized carbons (Fsp3) is 0.133. The van der Waals surface area contributed by atoms with Gasteiger partial charge in [-0.15, -0.1) is 0 Å². The van der Waals surface area contributed by atoms with E-state index in [1.165, 1.54) is 0 Å². The topological polar surface area (TPSA) is 38.3 Å². The van der Waals surface area contributed by atoms with E-state index in [2.05, 4.69) is 5.32 Å². The largest absolute Gasteiger partial charge is 0.457 e. The van der Waals surface area contributed by atoms with E-state index < -0.39 is 0 Å². The standard InChI is InChI=1S/C15H14NO2/c17-12-16-11-10-13-6-8-15(9-7-13)18-14-4-2-1-3-5-14/h1-9H,10-11H2,(H,16,17). The summed E-state index contributed by atoms with van der Waals surface area (Å²) in [7, 11) is 0. The van der Waals surface area contributed by atoms with Gasteiger partial charge in [0.2, 0.25) is 0 Å². The minimum absolute atomic E-state index is 0.600. The molecule has 0 spiro atoms. The Morgan fingerprint density at radius 3 is 2.28 bits per heavy atom. The first-order chi connectivity index (χ1) is 8.88. The number of hydrogen-bond acceptors (Lipinski definition) is 2. The first kappa shape index (κ1) is 12.2. The number of carbonyl (C=O) groups excluding carboxylic acids is 1. The summed E-state index contributed by atoms with van der Waals surface area (Å²) in [6.45, 7) is 0.600. The van der Waals surface area contributed by atoms with Gasteiger partial charge in [-0.1, -0.05) is 30.3 Å². The first-order valence-corrected chi connectivity index (χ1v) is 5.80. The molecule has 0 heterocycles. The minimum Gasteiger partial charge on any atom is -0.457 e. The molecule has 2 aromatic rings. The molecule has 2 rings (SSSR count). The zero-order chi connectivity index (χ0) is 12.6. The average Bonchev–Trinajstić information content (AvgIpc) is 2.42. The van der Waals surface area contributed by atoms with Gasteiger partial charge >= 0.3 is 6.41 Å². The molecule has 1 amide bonds. The monoisotopic (exact) mass is 240 g/mol. The Morgan fingerprint density at radius 1 is 0.944 bits per heavy atom. The third-order valence-corrected chi connectivity index (χ3v) is 2.51. The van der Waals surface area contributed by atoms with E-state index in [-0.39, 0.29) is 0 Å². The Labute approximate surface area is 106 Å². The maximum absolute atomic E-state index is 10.00. The van der Waals surface area contributed by atoms with Crippen molar-refractivity contribution in [2.45, 2.75) is 6.42 Å². The van der Waals surface area contributed by atoms with Gasteiger partial charge in [-0.05, 0) is 36.2 Å². The summed E-state index contributed by atoms with van der Waals surface area (Å²) in [5.74, 6) is 1.63. The molecule has 0 aliphatic heterocycles. The van der Waals surface area contributed by atoms with Gasteiger partial charge in [0.1, 0.15) is 11.5 Å². The summed E-state index contributed by atoms with van der Waals surface area (Å²) >= 11 is 0. The Balaban J connectivity index is 1.93. The molecule has 0 aliphatic carbocycles. The van der Waals surface area contributed by atoms with E-state index in [1.54, 1.807) is 6.41 Å². The van der Waals surface area contributed by atoms with Crippen molar-refractivity contribution in [2.75, 3.05) is 6.54 Å². The van der Waals surface area contributed by atoms with Crippen molar-refractivity contribution in [1.82, 2.24) is 5.32 Å². The quantitative estimate of drug-likeness (QED) is 0.622. The number of amides is 1. The summed E-state index contributed by atoms with van der Waals surface area (Å²) < 4.78 is 5.68. The van der Waals surface area contributed by atoms with Crippen LogP contribution in [0.1, 0.15) is 5.56 Å². The molecule has 0 saturated carbocycles. The van der Waals surface area contributed by atoms with Gasteiger partial charge < -0.3 is 10.1 Å². The second kappa shape index (κ2) is 6.45.